The Bertz CT molecular complexity index is 1150. The van der Waals surface area contributed by atoms with Crippen LogP contribution in [0.5, 0.6) is 0 Å². The van der Waals surface area contributed by atoms with Crippen LogP contribution in [0.3, 0.4) is 0 Å². The van der Waals surface area contributed by atoms with Crippen molar-refractivity contribution in [2.24, 2.45) is 0 Å². The molecule has 0 rings (SSSR count). The average molecular weight is 999 g/mol. The number of ether oxygens (including phenoxy) is 1. The van der Waals surface area contributed by atoms with Crippen LogP contribution in [0, 0.1) is 0 Å². The minimum absolute atomic E-state index is 0.00267. The lowest BCUT2D eigenvalue weighted by Crippen LogP contribution is -2.45. The van der Waals surface area contributed by atoms with Crippen LogP contribution in [0.25, 0.3) is 0 Å². The van der Waals surface area contributed by atoms with E-state index in [1.165, 1.54) is 257 Å². The van der Waals surface area contributed by atoms with E-state index in [1.807, 2.05) is 0 Å². The molecule has 0 spiro atoms. The van der Waals surface area contributed by atoms with Crippen LogP contribution in [0.1, 0.15) is 341 Å². The van der Waals surface area contributed by atoms with Gasteiger partial charge in [0.05, 0.1) is 25.4 Å². The molecule has 0 aliphatic carbocycles. The maximum atomic E-state index is 12.5. The van der Waals surface area contributed by atoms with Crippen LogP contribution in [-0.4, -0.2) is 47.4 Å². The first-order valence-electron chi connectivity index (χ1n) is 31.7. The Hall–Kier alpha value is -1.92. The van der Waals surface area contributed by atoms with Crippen molar-refractivity contribution in [3.8, 4) is 0 Å². The molecule has 0 saturated heterocycles. The van der Waals surface area contributed by atoms with Crippen molar-refractivity contribution in [2.75, 3.05) is 13.2 Å². The smallest absolute Gasteiger partial charge is 0.305 e. The zero-order valence-electron chi connectivity index (χ0n) is 47.7. The quantitative estimate of drug-likeness (QED) is 0.0321. The summed E-state index contributed by atoms with van der Waals surface area (Å²) in [5.41, 5.74) is 0. The summed E-state index contributed by atoms with van der Waals surface area (Å²) >= 11 is 0. The first-order chi connectivity index (χ1) is 35.0. The second-order valence-electron chi connectivity index (χ2n) is 21.7. The van der Waals surface area contributed by atoms with Crippen LogP contribution in [0.15, 0.2) is 36.5 Å². The number of unbranched alkanes of at least 4 members (excludes halogenated alkanes) is 42. The molecule has 418 valence electrons. The average Bonchev–Trinajstić information content (AvgIpc) is 3.37. The normalized spacial score (nSPS) is 12.8. The number of amides is 1. The molecule has 71 heavy (non-hydrogen) atoms. The maximum Gasteiger partial charge on any atom is 0.305 e. The number of hydrogen-bond donors (Lipinski definition) is 3. The Morgan fingerprint density at radius 1 is 0.394 bits per heavy atom. The van der Waals surface area contributed by atoms with Gasteiger partial charge in [-0.25, -0.2) is 0 Å². The first kappa shape index (κ1) is 69.1. The van der Waals surface area contributed by atoms with Gasteiger partial charge in [0.2, 0.25) is 5.91 Å². The molecule has 6 heteroatoms. The molecule has 3 N–H and O–H groups in total. The highest BCUT2D eigenvalue weighted by atomic mass is 16.5. The summed E-state index contributed by atoms with van der Waals surface area (Å²) in [5, 5.41) is 23.2. The number of rotatable bonds is 59. The predicted molar refractivity (Wildman–Crippen MR) is 310 cm³/mol. The molecule has 6 nitrogen and oxygen atoms in total. The van der Waals surface area contributed by atoms with Gasteiger partial charge in [0.1, 0.15) is 0 Å². The number of hydrogen-bond acceptors (Lipinski definition) is 5. The molecule has 2 atom stereocenters. The van der Waals surface area contributed by atoms with E-state index in [0.29, 0.717) is 25.9 Å². The number of aliphatic hydroxyl groups excluding tert-OH is 2. The highest BCUT2D eigenvalue weighted by Gasteiger charge is 2.20. The fourth-order valence-corrected chi connectivity index (χ4v) is 9.78. The van der Waals surface area contributed by atoms with Gasteiger partial charge >= 0.3 is 5.97 Å². The summed E-state index contributed by atoms with van der Waals surface area (Å²) in [6.07, 6.45) is 76.0. The van der Waals surface area contributed by atoms with Crippen molar-refractivity contribution in [3.05, 3.63) is 36.5 Å². The van der Waals surface area contributed by atoms with E-state index >= 15 is 0 Å². The fraction of sp³-hybridized carbons (Fsp3) is 0.877. The van der Waals surface area contributed by atoms with Gasteiger partial charge in [0.25, 0.3) is 0 Å². The zero-order valence-corrected chi connectivity index (χ0v) is 47.7. The number of carbonyl (C=O) groups excluding carboxylic acids is 2. The van der Waals surface area contributed by atoms with Crippen LogP contribution < -0.4 is 5.32 Å². The summed E-state index contributed by atoms with van der Waals surface area (Å²) in [6, 6.07) is -0.541. The summed E-state index contributed by atoms with van der Waals surface area (Å²) in [6.45, 7) is 4.94. The molecule has 0 saturated carbocycles. The molecular weight excluding hydrogens is 875 g/mol. The molecule has 0 bridgehead atoms. The molecule has 0 aromatic carbocycles. The molecule has 0 fully saturated rings. The second-order valence-corrected chi connectivity index (χ2v) is 21.7. The molecule has 0 aliphatic rings. The summed E-state index contributed by atoms with van der Waals surface area (Å²) in [7, 11) is 0. The van der Waals surface area contributed by atoms with Gasteiger partial charge in [-0.1, -0.05) is 281 Å². The van der Waals surface area contributed by atoms with Gasteiger partial charge in [-0.3, -0.25) is 9.59 Å². The van der Waals surface area contributed by atoms with E-state index in [1.54, 1.807) is 0 Å². The molecule has 0 aliphatic heterocycles. The largest absolute Gasteiger partial charge is 0.466 e. The van der Waals surface area contributed by atoms with Crippen molar-refractivity contribution in [2.45, 2.75) is 353 Å². The van der Waals surface area contributed by atoms with Crippen molar-refractivity contribution < 1.29 is 24.5 Å². The SMILES string of the molecule is CCCCCC/C=C\CCCCCCCC(=O)OCCCCCCCCCCC/C=C\C/C=C\CCCCCCCCCCCCCCCC(=O)NC(CO)C(O)CCCCCCCCCCCCCC. The summed E-state index contributed by atoms with van der Waals surface area (Å²) in [5.74, 6) is -0.0330. The number of esters is 1. The number of allylic oxidation sites excluding steroid dienone is 6. The Kier molecular flexibility index (Phi) is 59.0. The topological polar surface area (TPSA) is 95.9 Å². The summed E-state index contributed by atoms with van der Waals surface area (Å²) < 4.78 is 5.47. The predicted octanol–water partition coefficient (Wildman–Crippen LogP) is 20.0. The molecule has 0 aromatic heterocycles. The molecule has 0 aromatic rings. The third-order valence-electron chi connectivity index (χ3n) is 14.7. The standard InChI is InChI=1S/C65H123NO5/c1-3-5-7-9-11-13-15-34-39-43-47-51-55-59-65(70)71-60-56-52-48-44-40-36-33-31-29-27-25-23-21-19-17-18-20-22-24-26-28-30-32-35-38-42-46-50-54-58-64(69)66-62(61-67)63(68)57-53-49-45-41-37-16-14-12-10-8-6-4-2/h13,15,17,19,23,25,62-63,67-68H,3-12,14,16,18,20-22,24,26-61H2,1-2H3,(H,66,69)/b15-13-,19-17-,25-23-. The first-order valence-corrected chi connectivity index (χ1v) is 31.7. The Morgan fingerprint density at radius 2 is 0.704 bits per heavy atom. The summed E-state index contributed by atoms with van der Waals surface area (Å²) in [4.78, 5) is 24.5. The highest BCUT2D eigenvalue weighted by molar-refractivity contribution is 5.76. The minimum Gasteiger partial charge on any atom is -0.466 e. The van der Waals surface area contributed by atoms with Crippen LogP contribution in [0.2, 0.25) is 0 Å². The van der Waals surface area contributed by atoms with E-state index in [-0.39, 0.29) is 18.5 Å². The lowest BCUT2D eigenvalue weighted by Gasteiger charge is -2.22. The lowest BCUT2D eigenvalue weighted by molar-refractivity contribution is -0.143. The van der Waals surface area contributed by atoms with Crippen molar-refractivity contribution in [1.29, 1.82) is 0 Å². The minimum atomic E-state index is -0.664. The van der Waals surface area contributed by atoms with Crippen LogP contribution in [-0.2, 0) is 14.3 Å². The van der Waals surface area contributed by atoms with Crippen LogP contribution in [0.4, 0.5) is 0 Å². The molecule has 0 heterocycles. The van der Waals surface area contributed by atoms with E-state index in [4.69, 9.17) is 4.74 Å². The van der Waals surface area contributed by atoms with E-state index in [0.717, 1.165) is 51.4 Å². The Balaban J connectivity index is 3.40. The van der Waals surface area contributed by atoms with Gasteiger partial charge in [-0.15, -0.1) is 0 Å². The van der Waals surface area contributed by atoms with E-state index < -0.39 is 12.1 Å². The third-order valence-corrected chi connectivity index (χ3v) is 14.7. The third kappa shape index (κ3) is 57.2. The van der Waals surface area contributed by atoms with Gasteiger partial charge in [-0.2, -0.15) is 0 Å². The van der Waals surface area contributed by atoms with Crippen molar-refractivity contribution in [1.82, 2.24) is 5.32 Å². The van der Waals surface area contributed by atoms with Gasteiger partial charge in [0.15, 0.2) is 0 Å². The lowest BCUT2D eigenvalue weighted by atomic mass is 10.0. The van der Waals surface area contributed by atoms with E-state index in [2.05, 4.69) is 55.6 Å². The fourth-order valence-electron chi connectivity index (χ4n) is 9.78. The van der Waals surface area contributed by atoms with E-state index in [9.17, 15) is 19.8 Å². The number of aliphatic hydroxyl groups is 2. The second kappa shape index (κ2) is 60.6. The van der Waals surface area contributed by atoms with Crippen molar-refractivity contribution >= 4 is 11.9 Å². The Morgan fingerprint density at radius 3 is 1.10 bits per heavy atom. The highest BCUT2D eigenvalue weighted by Crippen LogP contribution is 2.17. The molecule has 2 unspecified atom stereocenters. The molecule has 1 amide bonds. The van der Waals surface area contributed by atoms with Crippen molar-refractivity contribution in [3.63, 3.8) is 0 Å². The monoisotopic (exact) mass is 998 g/mol. The van der Waals surface area contributed by atoms with Crippen LogP contribution >= 0.6 is 0 Å². The van der Waals surface area contributed by atoms with Gasteiger partial charge in [0, 0.05) is 12.8 Å². The zero-order chi connectivity index (χ0) is 51.4. The van der Waals surface area contributed by atoms with Gasteiger partial charge < -0.3 is 20.3 Å². The number of carbonyl (C=O) groups is 2. The number of nitrogens with one attached hydrogen (secondary N) is 1. The van der Waals surface area contributed by atoms with Gasteiger partial charge in [-0.05, 0) is 83.5 Å². The molecule has 0 radical (unpaired) electrons. The maximum absolute atomic E-state index is 12.5. The Labute approximate surface area is 443 Å². The molecular formula is C65H123NO5.